The molecule has 5 rings (SSSR count). The SMILES string of the molecule is COCCOc1cc(F)cc(F)c1-c1c(-c2cc3n(n2)C[C@@H](C)NC3)nc(Br)c2ccsc12. The number of hydrogen-bond donors (Lipinski definition) is 1. The van der Waals surface area contributed by atoms with E-state index in [4.69, 9.17) is 19.6 Å². The molecule has 0 aliphatic carbocycles. The van der Waals surface area contributed by atoms with E-state index in [2.05, 4.69) is 28.2 Å². The Balaban J connectivity index is 1.76. The molecule has 1 aliphatic heterocycles. The Hall–Kier alpha value is -2.40. The van der Waals surface area contributed by atoms with E-state index in [1.807, 2.05) is 22.2 Å². The van der Waals surface area contributed by atoms with Crippen LogP contribution in [0.3, 0.4) is 0 Å². The Labute approximate surface area is 201 Å². The molecule has 0 radical (unpaired) electrons. The van der Waals surface area contributed by atoms with Crippen molar-refractivity contribution in [2.75, 3.05) is 20.3 Å². The lowest BCUT2D eigenvalue weighted by molar-refractivity contribution is 0.146. The van der Waals surface area contributed by atoms with Crippen molar-refractivity contribution in [3.05, 3.63) is 51.6 Å². The number of ether oxygens (including phenoxy) is 2. The van der Waals surface area contributed by atoms with Gasteiger partial charge in [0, 0.05) is 47.5 Å². The summed E-state index contributed by atoms with van der Waals surface area (Å²) in [7, 11) is 1.54. The summed E-state index contributed by atoms with van der Waals surface area (Å²) in [4.78, 5) is 4.77. The van der Waals surface area contributed by atoms with E-state index in [1.165, 1.54) is 17.4 Å². The molecule has 0 saturated carbocycles. The number of methoxy groups -OCH3 is 1. The van der Waals surface area contributed by atoms with Crippen LogP contribution in [0, 0.1) is 11.6 Å². The third-order valence-corrected chi connectivity index (χ3v) is 7.10. The summed E-state index contributed by atoms with van der Waals surface area (Å²) in [5, 5.41) is 11.0. The van der Waals surface area contributed by atoms with Gasteiger partial charge in [-0.3, -0.25) is 4.68 Å². The van der Waals surface area contributed by atoms with Crippen LogP contribution in [0.1, 0.15) is 12.6 Å². The lowest BCUT2D eigenvalue weighted by Crippen LogP contribution is -2.36. The maximum absolute atomic E-state index is 15.4. The average Bonchev–Trinajstić information content (AvgIpc) is 3.42. The van der Waals surface area contributed by atoms with Crippen LogP contribution >= 0.6 is 27.3 Å². The van der Waals surface area contributed by atoms with Gasteiger partial charge in [0.15, 0.2) is 0 Å². The van der Waals surface area contributed by atoms with Gasteiger partial charge in [-0.1, -0.05) is 0 Å². The maximum Gasteiger partial charge on any atom is 0.137 e. The first-order valence-electron chi connectivity index (χ1n) is 10.4. The number of halogens is 3. The largest absolute Gasteiger partial charge is 0.490 e. The maximum atomic E-state index is 15.4. The van der Waals surface area contributed by atoms with Crippen LogP contribution in [0.5, 0.6) is 5.75 Å². The van der Waals surface area contributed by atoms with E-state index < -0.39 is 11.6 Å². The van der Waals surface area contributed by atoms with Gasteiger partial charge in [0.2, 0.25) is 0 Å². The summed E-state index contributed by atoms with van der Waals surface area (Å²) in [6, 6.07) is 6.24. The molecule has 0 saturated heterocycles. The number of thiophene rings is 1. The molecule has 4 aromatic rings. The van der Waals surface area contributed by atoms with Crippen LogP contribution in [0.15, 0.2) is 34.2 Å². The molecule has 3 aromatic heterocycles. The molecule has 10 heteroatoms. The van der Waals surface area contributed by atoms with Gasteiger partial charge in [-0.2, -0.15) is 5.10 Å². The highest BCUT2D eigenvalue weighted by molar-refractivity contribution is 9.10. The summed E-state index contributed by atoms with van der Waals surface area (Å²) >= 11 is 5.02. The smallest absolute Gasteiger partial charge is 0.137 e. The molecule has 0 unspecified atom stereocenters. The number of pyridine rings is 1. The number of nitrogens with zero attached hydrogens (tertiary/aromatic N) is 3. The van der Waals surface area contributed by atoms with Gasteiger partial charge >= 0.3 is 0 Å². The van der Waals surface area contributed by atoms with Crippen molar-refractivity contribution in [3.63, 3.8) is 0 Å². The molecule has 33 heavy (non-hydrogen) atoms. The first kappa shape index (κ1) is 22.4. The summed E-state index contributed by atoms with van der Waals surface area (Å²) in [5.74, 6) is -1.33. The predicted molar refractivity (Wildman–Crippen MR) is 128 cm³/mol. The van der Waals surface area contributed by atoms with Crippen LogP contribution in [0.4, 0.5) is 8.78 Å². The van der Waals surface area contributed by atoms with Gasteiger partial charge in [0.25, 0.3) is 0 Å². The molecule has 4 heterocycles. The molecule has 172 valence electrons. The zero-order valence-corrected chi connectivity index (χ0v) is 20.4. The van der Waals surface area contributed by atoms with Gasteiger partial charge in [-0.25, -0.2) is 13.8 Å². The number of hydrogen-bond acceptors (Lipinski definition) is 6. The molecule has 1 N–H and O–H groups in total. The fourth-order valence-electron chi connectivity index (χ4n) is 4.02. The Morgan fingerprint density at radius 2 is 2.09 bits per heavy atom. The highest BCUT2D eigenvalue weighted by Gasteiger charge is 2.27. The van der Waals surface area contributed by atoms with Crippen molar-refractivity contribution in [2.45, 2.75) is 26.1 Å². The van der Waals surface area contributed by atoms with Crippen LogP contribution in [0.2, 0.25) is 0 Å². The van der Waals surface area contributed by atoms with E-state index in [9.17, 15) is 4.39 Å². The molecule has 0 spiro atoms. The number of aromatic nitrogens is 3. The van der Waals surface area contributed by atoms with E-state index in [0.717, 1.165) is 28.4 Å². The zero-order valence-electron chi connectivity index (χ0n) is 18.0. The van der Waals surface area contributed by atoms with Crippen molar-refractivity contribution in [1.82, 2.24) is 20.1 Å². The van der Waals surface area contributed by atoms with Crippen molar-refractivity contribution >= 4 is 37.4 Å². The molecule has 6 nitrogen and oxygen atoms in total. The minimum Gasteiger partial charge on any atom is -0.490 e. The molecule has 1 atom stereocenters. The van der Waals surface area contributed by atoms with Gasteiger partial charge in [0.05, 0.1) is 24.4 Å². The molecule has 0 fully saturated rings. The third-order valence-electron chi connectivity index (χ3n) is 5.56. The van der Waals surface area contributed by atoms with Crippen LogP contribution in [-0.2, 0) is 17.8 Å². The van der Waals surface area contributed by atoms with Crippen LogP contribution in [0.25, 0.3) is 32.6 Å². The van der Waals surface area contributed by atoms with Crippen molar-refractivity contribution in [2.24, 2.45) is 0 Å². The third kappa shape index (κ3) is 4.16. The highest BCUT2D eigenvalue weighted by Crippen LogP contribution is 2.46. The number of fused-ring (bicyclic) bond motifs is 2. The van der Waals surface area contributed by atoms with Crippen LogP contribution < -0.4 is 10.1 Å². The minimum atomic E-state index is -0.721. The fraction of sp³-hybridized carbons (Fsp3) is 0.304. The Kier molecular flexibility index (Phi) is 6.17. The van der Waals surface area contributed by atoms with Crippen molar-refractivity contribution in [1.29, 1.82) is 0 Å². The Morgan fingerprint density at radius 3 is 2.91 bits per heavy atom. The quantitative estimate of drug-likeness (QED) is 0.265. The second-order valence-electron chi connectivity index (χ2n) is 7.88. The Bertz CT molecular complexity index is 1340. The predicted octanol–water partition coefficient (Wildman–Crippen LogP) is 5.38. The monoisotopic (exact) mass is 534 g/mol. The van der Waals surface area contributed by atoms with E-state index in [0.29, 0.717) is 34.1 Å². The first-order chi connectivity index (χ1) is 16.0. The lowest BCUT2D eigenvalue weighted by atomic mass is 9.99. The van der Waals surface area contributed by atoms with Gasteiger partial charge in [-0.15, -0.1) is 11.3 Å². The summed E-state index contributed by atoms with van der Waals surface area (Å²) < 4.78 is 43.8. The van der Waals surface area contributed by atoms with Gasteiger partial charge < -0.3 is 14.8 Å². The van der Waals surface area contributed by atoms with Crippen molar-refractivity contribution in [3.8, 4) is 28.3 Å². The van der Waals surface area contributed by atoms with Gasteiger partial charge in [-0.05, 0) is 40.4 Å². The second kappa shape index (κ2) is 9.09. The fourth-order valence-corrected chi connectivity index (χ4v) is 5.61. The standard InChI is InChI=1S/C23H21BrF2N4O2S/c1-12-11-30-14(10-27-12)9-17(29-30)21-20(22-15(3-6-33-22)23(24)28-21)19-16(26)7-13(25)8-18(19)32-5-4-31-2/h3,6-9,12,27H,4-5,10-11H2,1-2H3/t12-/m1/s1. The van der Waals surface area contributed by atoms with E-state index in [1.54, 1.807) is 7.11 Å². The lowest BCUT2D eigenvalue weighted by Gasteiger charge is -2.21. The summed E-state index contributed by atoms with van der Waals surface area (Å²) in [6.07, 6.45) is 0. The summed E-state index contributed by atoms with van der Waals surface area (Å²) in [5.41, 5.74) is 2.85. The van der Waals surface area contributed by atoms with Crippen molar-refractivity contribution < 1.29 is 18.3 Å². The molecular weight excluding hydrogens is 514 g/mol. The molecule has 1 aromatic carbocycles. The molecular formula is C23H21BrF2N4O2S. The number of nitrogens with one attached hydrogen (secondary N) is 1. The minimum absolute atomic E-state index is 0.101. The topological polar surface area (TPSA) is 61.2 Å². The number of rotatable bonds is 6. The normalized spacial score (nSPS) is 15.7. The van der Waals surface area contributed by atoms with E-state index >= 15 is 4.39 Å². The number of benzene rings is 1. The molecule has 1 aliphatic rings. The zero-order chi connectivity index (χ0) is 23.1. The Morgan fingerprint density at radius 1 is 1.24 bits per heavy atom. The van der Waals surface area contributed by atoms with E-state index in [-0.39, 0.29) is 24.5 Å². The average molecular weight is 535 g/mol. The first-order valence-corrected chi connectivity index (χ1v) is 12.1. The second-order valence-corrected chi connectivity index (χ2v) is 9.54. The van der Waals surface area contributed by atoms with Gasteiger partial charge in [0.1, 0.15) is 40.0 Å². The highest BCUT2D eigenvalue weighted by atomic mass is 79.9. The molecule has 0 amide bonds. The van der Waals surface area contributed by atoms with Crippen LogP contribution in [-0.4, -0.2) is 41.1 Å². The summed E-state index contributed by atoms with van der Waals surface area (Å²) in [6.45, 7) is 3.95. The molecule has 0 bridgehead atoms.